The molecule has 4 N–H and O–H groups in total. The highest BCUT2D eigenvalue weighted by Crippen LogP contribution is 2.26. The monoisotopic (exact) mass is 374 g/mol. The van der Waals surface area contributed by atoms with Crippen LogP contribution in [-0.2, 0) is 6.54 Å². The van der Waals surface area contributed by atoms with Crippen molar-refractivity contribution in [3.63, 3.8) is 0 Å². The Labute approximate surface area is 157 Å². The van der Waals surface area contributed by atoms with Crippen LogP contribution in [0, 0.1) is 11.3 Å². The van der Waals surface area contributed by atoms with E-state index in [4.69, 9.17) is 16.7 Å². The van der Waals surface area contributed by atoms with Gasteiger partial charge in [-0.25, -0.2) is 14.6 Å². The summed E-state index contributed by atoms with van der Waals surface area (Å²) in [5, 5.41) is 15.2. The summed E-state index contributed by atoms with van der Waals surface area (Å²) in [6.45, 7) is 0.504. The lowest BCUT2D eigenvalue weighted by atomic mass is 10.2. The molecule has 1 atom stereocenters. The summed E-state index contributed by atoms with van der Waals surface area (Å²) in [4.78, 5) is 13.0. The molecule has 1 unspecified atom stereocenters. The molecule has 0 fully saturated rings. The molecule has 0 saturated carbocycles. The zero-order chi connectivity index (χ0) is 19.0. The molecule has 0 amide bonds. The number of fused-ring (bicyclic) bond motifs is 1. The smallest absolute Gasteiger partial charge is 0.222 e. The molecule has 0 aliphatic heterocycles. The summed E-state index contributed by atoms with van der Waals surface area (Å²) in [5.74, 6) is 0.117. The number of hydrogen-bond donors (Lipinski definition) is 2. The van der Waals surface area contributed by atoms with Crippen molar-refractivity contribution in [2.24, 2.45) is 0 Å². The number of aromatic nitrogens is 5. The first-order chi connectivity index (χ1) is 13.0. The lowest BCUT2D eigenvalue weighted by molar-refractivity contribution is 0.707. The molecule has 0 bridgehead atoms. The Bertz CT molecular complexity index is 1210. The number of nitrogens with two attached hydrogens (primary N) is 2. The fourth-order valence-electron chi connectivity index (χ4n) is 2.83. The van der Waals surface area contributed by atoms with Crippen molar-refractivity contribution < 1.29 is 0 Å². The standard InChI is InChI=1S/C18H15N8P/c19-7-12-2-1-3-14(23-12)16-13-8-22-26(17(13)25-18(21)24-16)9-10-4-5-11(20)6-15(10)27/h1-6,8H,9,20,27H2,(H2,21,24,25). The summed E-state index contributed by atoms with van der Waals surface area (Å²) in [5.41, 5.74) is 15.5. The van der Waals surface area contributed by atoms with E-state index >= 15 is 0 Å². The van der Waals surface area contributed by atoms with Gasteiger partial charge in [0.2, 0.25) is 5.95 Å². The van der Waals surface area contributed by atoms with E-state index in [2.05, 4.69) is 29.3 Å². The molecule has 27 heavy (non-hydrogen) atoms. The molecular formula is C18H15N8P. The van der Waals surface area contributed by atoms with Crippen molar-refractivity contribution in [1.29, 1.82) is 5.26 Å². The minimum atomic E-state index is 0.117. The zero-order valence-electron chi connectivity index (χ0n) is 14.2. The molecule has 0 aliphatic carbocycles. The van der Waals surface area contributed by atoms with Crippen molar-refractivity contribution in [3.8, 4) is 17.5 Å². The minimum absolute atomic E-state index is 0.117. The largest absolute Gasteiger partial charge is 0.399 e. The Balaban J connectivity index is 1.84. The van der Waals surface area contributed by atoms with Gasteiger partial charge in [-0.2, -0.15) is 15.3 Å². The van der Waals surface area contributed by atoms with Crippen LogP contribution in [0.15, 0.2) is 42.6 Å². The van der Waals surface area contributed by atoms with Gasteiger partial charge in [0, 0.05) is 5.69 Å². The Morgan fingerprint density at radius 2 is 1.96 bits per heavy atom. The maximum atomic E-state index is 9.09. The van der Waals surface area contributed by atoms with Crippen LogP contribution in [0.25, 0.3) is 22.4 Å². The number of hydrogen-bond acceptors (Lipinski definition) is 7. The normalized spacial score (nSPS) is 10.8. The third kappa shape index (κ3) is 3.16. The predicted molar refractivity (Wildman–Crippen MR) is 107 cm³/mol. The topological polar surface area (TPSA) is 132 Å². The highest BCUT2D eigenvalue weighted by atomic mass is 31.0. The zero-order valence-corrected chi connectivity index (χ0v) is 15.3. The summed E-state index contributed by atoms with van der Waals surface area (Å²) in [6.07, 6.45) is 1.69. The first-order valence-corrected chi connectivity index (χ1v) is 8.63. The van der Waals surface area contributed by atoms with Gasteiger partial charge in [-0.15, -0.1) is 9.24 Å². The predicted octanol–water partition coefficient (Wildman–Crippen LogP) is 1.47. The van der Waals surface area contributed by atoms with Crippen LogP contribution in [0.3, 0.4) is 0 Å². The van der Waals surface area contributed by atoms with Crippen LogP contribution >= 0.6 is 9.24 Å². The maximum absolute atomic E-state index is 9.09. The maximum Gasteiger partial charge on any atom is 0.222 e. The average molecular weight is 374 g/mol. The summed E-state index contributed by atoms with van der Waals surface area (Å²) >= 11 is 0. The van der Waals surface area contributed by atoms with Gasteiger partial charge in [-0.1, -0.05) is 12.1 Å². The van der Waals surface area contributed by atoms with Crippen molar-refractivity contribution in [2.75, 3.05) is 11.5 Å². The second kappa shape index (κ2) is 6.63. The number of pyridine rings is 1. The van der Waals surface area contributed by atoms with E-state index in [1.807, 2.05) is 24.3 Å². The molecule has 9 heteroatoms. The van der Waals surface area contributed by atoms with E-state index in [0.29, 0.717) is 40.3 Å². The van der Waals surface area contributed by atoms with Crippen LogP contribution in [0.4, 0.5) is 11.6 Å². The Hall–Kier alpha value is -3.56. The van der Waals surface area contributed by atoms with Crippen LogP contribution in [0.5, 0.6) is 0 Å². The number of nitrogen functional groups attached to an aromatic ring is 2. The van der Waals surface area contributed by atoms with Crippen molar-refractivity contribution in [1.82, 2.24) is 24.7 Å². The van der Waals surface area contributed by atoms with E-state index in [0.717, 1.165) is 10.9 Å². The number of nitrogens with zero attached hydrogens (tertiary/aromatic N) is 6. The van der Waals surface area contributed by atoms with E-state index in [1.54, 1.807) is 29.1 Å². The molecule has 3 heterocycles. The van der Waals surface area contributed by atoms with Crippen LogP contribution in [0.1, 0.15) is 11.3 Å². The van der Waals surface area contributed by atoms with Gasteiger partial charge in [-0.05, 0) is 35.1 Å². The molecule has 4 aromatic rings. The highest BCUT2D eigenvalue weighted by Gasteiger charge is 2.15. The van der Waals surface area contributed by atoms with Crippen LogP contribution in [-0.4, -0.2) is 24.7 Å². The van der Waals surface area contributed by atoms with Gasteiger partial charge in [0.25, 0.3) is 0 Å². The minimum Gasteiger partial charge on any atom is -0.399 e. The lowest BCUT2D eigenvalue weighted by Gasteiger charge is -2.08. The van der Waals surface area contributed by atoms with Gasteiger partial charge in [0.1, 0.15) is 17.5 Å². The fourth-order valence-corrected chi connectivity index (χ4v) is 3.21. The van der Waals surface area contributed by atoms with Crippen molar-refractivity contribution >= 4 is 37.2 Å². The third-order valence-corrected chi connectivity index (χ3v) is 4.65. The second-order valence-electron chi connectivity index (χ2n) is 5.95. The molecule has 4 rings (SSSR count). The van der Waals surface area contributed by atoms with Gasteiger partial charge in [0.15, 0.2) is 5.65 Å². The molecule has 0 spiro atoms. The van der Waals surface area contributed by atoms with Crippen LogP contribution in [0.2, 0.25) is 0 Å². The SMILES string of the molecule is N#Cc1cccc(-c2nc(N)nc3c2cnn3Cc2ccc(N)cc2P)n1. The number of anilines is 2. The molecular weight excluding hydrogens is 359 g/mol. The van der Waals surface area contributed by atoms with E-state index in [1.165, 1.54) is 0 Å². The summed E-state index contributed by atoms with van der Waals surface area (Å²) in [6, 6.07) is 12.9. The molecule has 0 aliphatic rings. The van der Waals surface area contributed by atoms with Gasteiger partial charge >= 0.3 is 0 Å². The second-order valence-corrected chi connectivity index (χ2v) is 6.57. The Kier molecular flexibility index (Phi) is 4.15. The Morgan fingerprint density at radius 1 is 1.11 bits per heavy atom. The number of rotatable bonds is 3. The van der Waals surface area contributed by atoms with Gasteiger partial charge in [-0.3, -0.25) is 0 Å². The highest BCUT2D eigenvalue weighted by molar-refractivity contribution is 7.27. The molecule has 0 saturated heterocycles. The van der Waals surface area contributed by atoms with Gasteiger partial charge < -0.3 is 11.5 Å². The van der Waals surface area contributed by atoms with E-state index in [9.17, 15) is 0 Å². The molecule has 132 valence electrons. The summed E-state index contributed by atoms with van der Waals surface area (Å²) < 4.78 is 1.75. The van der Waals surface area contributed by atoms with Crippen molar-refractivity contribution in [3.05, 3.63) is 53.9 Å². The molecule has 3 aromatic heterocycles. The average Bonchev–Trinajstić information content (AvgIpc) is 3.06. The quantitative estimate of drug-likeness (QED) is 0.410. The van der Waals surface area contributed by atoms with Crippen molar-refractivity contribution in [2.45, 2.75) is 6.54 Å². The molecule has 1 aromatic carbocycles. The van der Waals surface area contributed by atoms with E-state index in [-0.39, 0.29) is 5.95 Å². The van der Waals surface area contributed by atoms with Crippen LogP contribution < -0.4 is 16.8 Å². The Morgan fingerprint density at radius 3 is 2.74 bits per heavy atom. The fraction of sp³-hybridized carbons (Fsp3) is 0.0556. The lowest BCUT2D eigenvalue weighted by Crippen LogP contribution is -2.11. The van der Waals surface area contributed by atoms with Gasteiger partial charge in [0.05, 0.1) is 23.8 Å². The summed E-state index contributed by atoms with van der Waals surface area (Å²) in [7, 11) is 2.68. The number of benzene rings is 1. The van der Waals surface area contributed by atoms with E-state index < -0.39 is 0 Å². The first-order valence-electron chi connectivity index (χ1n) is 8.05. The molecule has 8 nitrogen and oxygen atoms in total. The third-order valence-electron chi connectivity index (χ3n) is 4.11. The molecule has 0 radical (unpaired) electrons. The number of nitriles is 1. The first kappa shape index (κ1) is 16.9.